The predicted molar refractivity (Wildman–Crippen MR) is 123 cm³/mol. The fourth-order valence-corrected chi connectivity index (χ4v) is 5.00. The zero-order valence-electron chi connectivity index (χ0n) is 16.9. The molecule has 0 saturated heterocycles. The van der Waals surface area contributed by atoms with Crippen LogP contribution in [0.2, 0.25) is 0 Å². The monoisotopic (exact) mass is 441 g/mol. The van der Waals surface area contributed by atoms with Crippen molar-refractivity contribution in [2.24, 2.45) is 0 Å². The Morgan fingerprint density at radius 1 is 0.906 bits per heavy atom. The summed E-state index contributed by atoms with van der Waals surface area (Å²) in [4.78, 5) is 14.4. The van der Waals surface area contributed by atoms with Gasteiger partial charge in [0.15, 0.2) is 11.9 Å². The Morgan fingerprint density at radius 2 is 1.53 bits per heavy atom. The molecule has 0 bridgehead atoms. The Kier molecular flexibility index (Phi) is 5.73. The maximum absolute atomic E-state index is 13.4. The van der Waals surface area contributed by atoms with Gasteiger partial charge in [-0.15, -0.1) is 0 Å². The summed E-state index contributed by atoms with van der Waals surface area (Å²) in [6.07, 6.45) is 5.56. The Bertz CT molecular complexity index is 1340. The van der Waals surface area contributed by atoms with Crippen molar-refractivity contribution in [2.45, 2.75) is 10.6 Å². The number of sulfonamides is 1. The van der Waals surface area contributed by atoms with Crippen molar-refractivity contribution >= 4 is 27.6 Å². The van der Waals surface area contributed by atoms with Crippen LogP contribution >= 0.6 is 0 Å². The summed E-state index contributed by atoms with van der Waals surface area (Å²) >= 11 is 0. The van der Waals surface area contributed by atoms with Crippen molar-refractivity contribution < 1.29 is 13.2 Å². The Morgan fingerprint density at radius 3 is 2.19 bits per heavy atom. The molecule has 32 heavy (non-hydrogen) atoms. The molecule has 1 atom stereocenters. The number of anilines is 1. The first kappa shape index (κ1) is 21.2. The second-order valence-corrected chi connectivity index (χ2v) is 8.77. The molecule has 158 valence electrons. The summed E-state index contributed by atoms with van der Waals surface area (Å²) in [5.41, 5.74) is -0.0879. The highest BCUT2D eigenvalue weighted by Gasteiger charge is 2.46. The van der Waals surface area contributed by atoms with Crippen LogP contribution in [-0.4, -0.2) is 20.4 Å². The van der Waals surface area contributed by atoms with Crippen LogP contribution in [0, 0.1) is 11.3 Å². The molecule has 4 rings (SSSR count). The van der Waals surface area contributed by atoms with Crippen LogP contribution in [0.1, 0.15) is 11.1 Å². The molecular weight excluding hydrogens is 422 g/mol. The van der Waals surface area contributed by atoms with Gasteiger partial charge in [-0.25, -0.2) is 8.42 Å². The van der Waals surface area contributed by atoms with Gasteiger partial charge in [0.25, 0.3) is 0 Å². The molecule has 6 nitrogen and oxygen atoms in total. The maximum atomic E-state index is 13.4. The lowest BCUT2D eigenvalue weighted by atomic mass is 9.87. The van der Waals surface area contributed by atoms with Crippen molar-refractivity contribution in [1.82, 2.24) is 4.72 Å². The highest BCUT2D eigenvalue weighted by molar-refractivity contribution is 7.89. The summed E-state index contributed by atoms with van der Waals surface area (Å²) in [6, 6.07) is 25.7. The number of nitrogens with zero attached hydrogens (tertiary/aromatic N) is 2. The van der Waals surface area contributed by atoms with Gasteiger partial charge in [-0.05, 0) is 42.0 Å². The first-order chi connectivity index (χ1) is 15.5. The van der Waals surface area contributed by atoms with E-state index in [4.69, 9.17) is 0 Å². The number of para-hydroxylation sites is 1. The molecule has 1 unspecified atom stereocenters. The van der Waals surface area contributed by atoms with Gasteiger partial charge < -0.3 is 4.90 Å². The van der Waals surface area contributed by atoms with E-state index in [-0.39, 0.29) is 4.90 Å². The summed E-state index contributed by atoms with van der Waals surface area (Å²) in [6.45, 7) is 0. The number of aldehydes is 1. The van der Waals surface area contributed by atoms with Gasteiger partial charge in [-0.2, -0.15) is 9.98 Å². The van der Waals surface area contributed by atoms with E-state index < -0.39 is 15.7 Å². The number of nitrogens with one attached hydrogen (secondary N) is 1. The zero-order valence-corrected chi connectivity index (χ0v) is 17.7. The third-order valence-corrected chi connectivity index (χ3v) is 6.65. The van der Waals surface area contributed by atoms with Gasteiger partial charge in [0.2, 0.25) is 10.0 Å². The highest BCUT2D eigenvalue weighted by Crippen LogP contribution is 2.38. The molecule has 1 aliphatic heterocycles. The molecule has 0 aromatic heterocycles. The van der Waals surface area contributed by atoms with Crippen LogP contribution in [0.4, 0.5) is 5.69 Å². The summed E-state index contributed by atoms with van der Waals surface area (Å²) in [5.74, 6) is 0. The molecule has 0 amide bonds. The number of carbonyl (C=O) groups is 1. The molecule has 3 aromatic rings. The molecule has 1 aliphatic rings. The normalized spacial score (nSPS) is 18.0. The minimum absolute atomic E-state index is 0.0247. The maximum Gasteiger partial charge on any atom is 0.243 e. The first-order valence-corrected chi connectivity index (χ1v) is 11.3. The zero-order chi connectivity index (χ0) is 22.6. The third-order valence-electron chi connectivity index (χ3n) is 5.17. The molecular formula is C25H19N3O3S. The van der Waals surface area contributed by atoms with Crippen LogP contribution in [0.25, 0.3) is 5.57 Å². The molecule has 0 radical (unpaired) electrons. The number of carbonyl (C=O) groups excluding carboxylic acids is 1. The summed E-state index contributed by atoms with van der Waals surface area (Å²) in [5, 5.41) is 9.65. The third kappa shape index (κ3) is 3.73. The second-order valence-electron chi connectivity index (χ2n) is 7.09. The molecule has 0 fully saturated rings. The van der Waals surface area contributed by atoms with E-state index in [1.54, 1.807) is 90.0 Å². The average Bonchev–Trinajstić information content (AvgIpc) is 2.85. The molecule has 0 saturated carbocycles. The number of nitriles is 1. The topological polar surface area (TPSA) is 90.3 Å². The predicted octanol–water partition coefficient (Wildman–Crippen LogP) is 3.85. The van der Waals surface area contributed by atoms with E-state index in [9.17, 15) is 18.5 Å². The number of hydrogen-bond donors (Lipinski definition) is 1. The lowest BCUT2D eigenvalue weighted by Gasteiger charge is -2.43. The van der Waals surface area contributed by atoms with Gasteiger partial charge in [-0.3, -0.25) is 4.79 Å². The molecule has 7 heteroatoms. The lowest BCUT2D eigenvalue weighted by molar-refractivity contribution is -0.110. The minimum Gasteiger partial charge on any atom is -0.318 e. The highest BCUT2D eigenvalue weighted by atomic mass is 32.2. The quantitative estimate of drug-likeness (QED) is 0.587. The van der Waals surface area contributed by atoms with Crippen LogP contribution in [0.15, 0.2) is 108 Å². The van der Waals surface area contributed by atoms with E-state index in [2.05, 4.69) is 10.8 Å². The molecule has 1 N–H and O–H groups in total. The van der Waals surface area contributed by atoms with Crippen LogP contribution in [-0.2, 0) is 14.8 Å². The first-order valence-electron chi connectivity index (χ1n) is 9.80. The van der Waals surface area contributed by atoms with Gasteiger partial charge in [0, 0.05) is 17.5 Å². The Hall–Kier alpha value is -3.99. The van der Waals surface area contributed by atoms with Crippen molar-refractivity contribution in [2.75, 3.05) is 4.90 Å². The van der Waals surface area contributed by atoms with Crippen molar-refractivity contribution in [3.63, 3.8) is 0 Å². The fraction of sp³-hybridized carbons (Fsp3) is 0.0400. The van der Waals surface area contributed by atoms with Crippen LogP contribution < -0.4 is 9.62 Å². The van der Waals surface area contributed by atoms with Gasteiger partial charge in [0.05, 0.1) is 16.5 Å². The van der Waals surface area contributed by atoms with Crippen molar-refractivity contribution in [3.8, 4) is 6.07 Å². The Balaban J connectivity index is 1.95. The van der Waals surface area contributed by atoms with Crippen molar-refractivity contribution in [1.29, 1.82) is 5.26 Å². The van der Waals surface area contributed by atoms with Crippen LogP contribution in [0.5, 0.6) is 0 Å². The van der Waals surface area contributed by atoms with Gasteiger partial charge >= 0.3 is 0 Å². The van der Waals surface area contributed by atoms with E-state index >= 15 is 0 Å². The number of rotatable bonds is 6. The molecule has 1 heterocycles. The summed E-state index contributed by atoms with van der Waals surface area (Å²) < 4.78 is 29.3. The minimum atomic E-state index is -4.11. The Labute approximate surface area is 186 Å². The molecule has 0 spiro atoms. The van der Waals surface area contributed by atoms with Gasteiger partial charge in [-0.1, -0.05) is 60.7 Å². The largest absolute Gasteiger partial charge is 0.318 e. The second kappa shape index (κ2) is 8.63. The van der Waals surface area contributed by atoms with E-state index in [1.165, 1.54) is 12.1 Å². The number of benzene rings is 3. The van der Waals surface area contributed by atoms with E-state index in [1.807, 2.05) is 6.07 Å². The molecule has 3 aromatic carbocycles. The van der Waals surface area contributed by atoms with Crippen molar-refractivity contribution in [3.05, 3.63) is 114 Å². The average molecular weight is 442 g/mol. The van der Waals surface area contributed by atoms with Gasteiger partial charge in [0.1, 0.15) is 0 Å². The fourth-order valence-electron chi connectivity index (χ4n) is 3.70. The lowest BCUT2D eigenvalue weighted by Crippen LogP contribution is -2.62. The summed E-state index contributed by atoms with van der Waals surface area (Å²) in [7, 11) is -4.11. The number of hydrogen-bond acceptors (Lipinski definition) is 5. The SMILES string of the molecule is N#Cc1ccccc1C1=CC=CN(c2ccccc2)C1(C=O)NS(=O)(=O)c1ccccc1. The standard InChI is InChI=1S/C25H19N3O3S/c26-18-20-10-7-8-15-23(20)24-16-9-17-28(21-11-3-1-4-12-21)25(24,19-29)27-32(30,31)22-13-5-2-6-14-22/h1-17,19,27H. The smallest absolute Gasteiger partial charge is 0.243 e. The van der Waals surface area contributed by atoms with E-state index in [0.717, 1.165) is 0 Å². The van der Waals surface area contributed by atoms with E-state index in [0.29, 0.717) is 28.7 Å². The number of allylic oxidation sites excluding steroid dienone is 2. The molecule has 0 aliphatic carbocycles. The van der Waals surface area contributed by atoms with Crippen LogP contribution in [0.3, 0.4) is 0 Å².